The third-order valence-corrected chi connectivity index (χ3v) is 2.32. The summed E-state index contributed by atoms with van der Waals surface area (Å²) in [5.74, 6) is 0.921. The number of rotatable bonds is 3. The molecule has 0 aromatic heterocycles. The smallest absolute Gasteiger partial charge is 0.188 e. The molecule has 0 aliphatic carbocycles. The summed E-state index contributed by atoms with van der Waals surface area (Å²) in [6.45, 7) is 8.98. The van der Waals surface area contributed by atoms with Crippen molar-refractivity contribution in [3.05, 3.63) is 29.3 Å². The monoisotopic (exact) mass is 208 g/mol. The van der Waals surface area contributed by atoms with Gasteiger partial charge in [-0.1, -0.05) is 32.9 Å². The van der Waals surface area contributed by atoms with E-state index >= 15 is 0 Å². The molecule has 0 radical (unpaired) electrons. The van der Waals surface area contributed by atoms with Gasteiger partial charge in [0, 0.05) is 12.7 Å². The van der Waals surface area contributed by atoms with E-state index in [0.717, 1.165) is 5.75 Å². The minimum atomic E-state index is 0.0917. The molecule has 84 valence electrons. The van der Waals surface area contributed by atoms with Crippen LogP contribution >= 0.6 is 0 Å². The second-order valence-electron chi connectivity index (χ2n) is 4.75. The van der Waals surface area contributed by atoms with Gasteiger partial charge in [-0.3, -0.25) is 0 Å². The average molecular weight is 208 g/mol. The molecule has 0 bridgehead atoms. The van der Waals surface area contributed by atoms with E-state index in [0.29, 0.717) is 6.79 Å². The normalized spacial score (nSPS) is 11.5. The zero-order valence-corrected chi connectivity index (χ0v) is 10.3. The molecular weight excluding hydrogens is 188 g/mol. The molecule has 0 saturated heterocycles. The summed E-state index contributed by atoms with van der Waals surface area (Å²) in [4.78, 5) is 0. The van der Waals surface area contributed by atoms with E-state index in [1.54, 1.807) is 7.11 Å². The molecule has 0 aliphatic heterocycles. The molecule has 0 atom stereocenters. The number of aryl methyl sites for hydroxylation is 1. The van der Waals surface area contributed by atoms with Crippen molar-refractivity contribution in [3.63, 3.8) is 0 Å². The van der Waals surface area contributed by atoms with E-state index in [4.69, 9.17) is 9.47 Å². The van der Waals surface area contributed by atoms with Crippen LogP contribution in [0.25, 0.3) is 0 Å². The van der Waals surface area contributed by atoms with Crippen LogP contribution in [0, 0.1) is 6.92 Å². The molecule has 0 fully saturated rings. The highest BCUT2D eigenvalue weighted by Gasteiger charge is 2.20. The van der Waals surface area contributed by atoms with E-state index in [1.165, 1.54) is 11.1 Å². The molecule has 0 saturated carbocycles. The Morgan fingerprint density at radius 2 is 1.87 bits per heavy atom. The maximum atomic E-state index is 5.57. The Labute approximate surface area is 92.2 Å². The molecule has 0 amide bonds. The highest BCUT2D eigenvalue weighted by molar-refractivity contribution is 5.44. The number of benzene rings is 1. The lowest BCUT2D eigenvalue weighted by Crippen LogP contribution is -2.16. The van der Waals surface area contributed by atoms with Gasteiger partial charge in [0.25, 0.3) is 0 Å². The minimum Gasteiger partial charge on any atom is -0.467 e. The van der Waals surface area contributed by atoms with Crippen molar-refractivity contribution in [3.8, 4) is 5.75 Å². The molecule has 0 unspecified atom stereocenters. The summed E-state index contributed by atoms with van der Waals surface area (Å²) < 4.78 is 10.5. The van der Waals surface area contributed by atoms with Crippen LogP contribution in [-0.2, 0) is 10.2 Å². The summed E-state index contributed by atoms with van der Waals surface area (Å²) in [7, 11) is 1.63. The molecule has 1 aromatic rings. The Morgan fingerprint density at radius 3 is 2.40 bits per heavy atom. The Hall–Kier alpha value is -1.02. The molecule has 0 heterocycles. The second kappa shape index (κ2) is 4.67. The van der Waals surface area contributed by atoms with Crippen molar-refractivity contribution in [2.24, 2.45) is 0 Å². The molecule has 2 heteroatoms. The van der Waals surface area contributed by atoms with E-state index in [1.807, 2.05) is 12.1 Å². The van der Waals surface area contributed by atoms with Crippen molar-refractivity contribution in [2.45, 2.75) is 33.1 Å². The molecule has 0 N–H and O–H groups in total. The van der Waals surface area contributed by atoms with Crippen molar-refractivity contribution in [2.75, 3.05) is 13.9 Å². The molecule has 0 spiro atoms. The predicted octanol–water partition coefficient (Wildman–Crippen LogP) is 3.28. The van der Waals surface area contributed by atoms with Gasteiger partial charge in [-0.05, 0) is 24.0 Å². The predicted molar refractivity (Wildman–Crippen MR) is 62.4 cm³/mol. The van der Waals surface area contributed by atoms with Crippen molar-refractivity contribution in [1.82, 2.24) is 0 Å². The molecule has 0 aliphatic rings. The fourth-order valence-electron chi connectivity index (χ4n) is 1.84. The van der Waals surface area contributed by atoms with Gasteiger partial charge >= 0.3 is 0 Å². The number of methoxy groups -OCH3 is 1. The van der Waals surface area contributed by atoms with E-state index < -0.39 is 0 Å². The van der Waals surface area contributed by atoms with Gasteiger partial charge < -0.3 is 9.47 Å². The van der Waals surface area contributed by atoms with Gasteiger partial charge in [0.1, 0.15) is 5.75 Å². The third-order valence-electron chi connectivity index (χ3n) is 2.32. The van der Waals surface area contributed by atoms with Crippen LogP contribution in [0.3, 0.4) is 0 Å². The SMILES string of the molecule is COCOc1cccc(C)c1C(C)(C)C. The highest BCUT2D eigenvalue weighted by atomic mass is 16.7. The fourth-order valence-corrected chi connectivity index (χ4v) is 1.84. The lowest BCUT2D eigenvalue weighted by molar-refractivity contribution is 0.0497. The van der Waals surface area contributed by atoms with Crippen molar-refractivity contribution in [1.29, 1.82) is 0 Å². The molecule has 2 nitrogen and oxygen atoms in total. The maximum absolute atomic E-state index is 5.57. The first kappa shape index (κ1) is 12.1. The zero-order chi connectivity index (χ0) is 11.5. The van der Waals surface area contributed by atoms with Crippen molar-refractivity contribution >= 4 is 0 Å². The lowest BCUT2D eigenvalue weighted by atomic mass is 9.83. The highest BCUT2D eigenvalue weighted by Crippen LogP contribution is 2.33. The van der Waals surface area contributed by atoms with Crippen LogP contribution in [-0.4, -0.2) is 13.9 Å². The summed E-state index contributed by atoms with van der Waals surface area (Å²) in [5, 5.41) is 0. The topological polar surface area (TPSA) is 18.5 Å². The van der Waals surface area contributed by atoms with Crippen LogP contribution in [0.15, 0.2) is 18.2 Å². The van der Waals surface area contributed by atoms with E-state index in [2.05, 4.69) is 33.8 Å². The quantitative estimate of drug-likeness (QED) is 0.710. The van der Waals surface area contributed by atoms with Gasteiger partial charge in [0.2, 0.25) is 0 Å². The first-order valence-electron chi connectivity index (χ1n) is 5.18. The van der Waals surface area contributed by atoms with Crippen LogP contribution in [0.1, 0.15) is 31.9 Å². The molecule has 15 heavy (non-hydrogen) atoms. The van der Waals surface area contributed by atoms with Gasteiger partial charge in [0.15, 0.2) is 6.79 Å². The van der Waals surface area contributed by atoms with Crippen LogP contribution in [0.2, 0.25) is 0 Å². The largest absolute Gasteiger partial charge is 0.467 e. The minimum absolute atomic E-state index is 0.0917. The summed E-state index contributed by atoms with van der Waals surface area (Å²) in [6, 6.07) is 6.11. The fraction of sp³-hybridized carbons (Fsp3) is 0.538. The van der Waals surface area contributed by atoms with Crippen LogP contribution < -0.4 is 4.74 Å². The maximum Gasteiger partial charge on any atom is 0.188 e. The summed E-state index contributed by atoms with van der Waals surface area (Å²) in [5.41, 5.74) is 2.60. The summed E-state index contributed by atoms with van der Waals surface area (Å²) in [6.07, 6.45) is 0. The first-order valence-corrected chi connectivity index (χ1v) is 5.18. The Balaban J connectivity index is 3.09. The van der Waals surface area contributed by atoms with E-state index in [9.17, 15) is 0 Å². The lowest BCUT2D eigenvalue weighted by Gasteiger charge is -2.24. The molecule has 1 aromatic carbocycles. The Kier molecular flexibility index (Phi) is 3.75. The average Bonchev–Trinajstić information content (AvgIpc) is 2.12. The van der Waals surface area contributed by atoms with Crippen molar-refractivity contribution < 1.29 is 9.47 Å². The van der Waals surface area contributed by atoms with Gasteiger partial charge in [-0.15, -0.1) is 0 Å². The zero-order valence-electron chi connectivity index (χ0n) is 10.3. The third kappa shape index (κ3) is 2.96. The summed E-state index contributed by atoms with van der Waals surface area (Å²) >= 11 is 0. The molecular formula is C13H20O2. The molecule has 1 rings (SSSR count). The van der Waals surface area contributed by atoms with E-state index in [-0.39, 0.29) is 5.41 Å². The van der Waals surface area contributed by atoms with Gasteiger partial charge in [-0.2, -0.15) is 0 Å². The first-order chi connectivity index (χ1) is 6.96. The Bertz CT molecular complexity index is 324. The Morgan fingerprint density at radius 1 is 1.20 bits per heavy atom. The van der Waals surface area contributed by atoms with Gasteiger partial charge in [0.05, 0.1) is 0 Å². The van der Waals surface area contributed by atoms with Gasteiger partial charge in [-0.25, -0.2) is 0 Å². The van der Waals surface area contributed by atoms with Crippen LogP contribution in [0.5, 0.6) is 5.75 Å². The second-order valence-corrected chi connectivity index (χ2v) is 4.75. The number of hydrogen-bond acceptors (Lipinski definition) is 2. The van der Waals surface area contributed by atoms with Crippen LogP contribution in [0.4, 0.5) is 0 Å². The number of hydrogen-bond donors (Lipinski definition) is 0. The standard InChI is InChI=1S/C13H20O2/c1-10-7-6-8-11(15-9-14-5)12(10)13(2,3)4/h6-8H,9H2,1-5H3. The number of ether oxygens (including phenoxy) is 2.